The fourth-order valence-corrected chi connectivity index (χ4v) is 2.69. The van der Waals surface area contributed by atoms with E-state index < -0.39 is 0 Å². The van der Waals surface area contributed by atoms with Gasteiger partial charge in [-0.25, -0.2) is 4.39 Å². The molecule has 1 aliphatic heterocycles. The SMILES string of the molecule is CC1Cc2c(n(C)c3c(F)cccc23)CN1. The van der Waals surface area contributed by atoms with Gasteiger partial charge in [0.15, 0.2) is 0 Å². The van der Waals surface area contributed by atoms with Gasteiger partial charge in [-0.1, -0.05) is 12.1 Å². The molecule has 16 heavy (non-hydrogen) atoms. The first-order valence-corrected chi connectivity index (χ1v) is 5.66. The van der Waals surface area contributed by atoms with Gasteiger partial charge in [0.05, 0.1) is 5.52 Å². The second-order valence-corrected chi connectivity index (χ2v) is 4.61. The summed E-state index contributed by atoms with van der Waals surface area (Å²) in [5.74, 6) is -0.123. The van der Waals surface area contributed by atoms with Gasteiger partial charge in [-0.05, 0) is 25.0 Å². The highest BCUT2D eigenvalue weighted by Gasteiger charge is 2.22. The van der Waals surface area contributed by atoms with Crippen molar-refractivity contribution in [1.82, 2.24) is 9.88 Å². The molecule has 2 nitrogen and oxygen atoms in total. The lowest BCUT2D eigenvalue weighted by molar-refractivity contribution is 0.500. The fraction of sp³-hybridized carbons (Fsp3) is 0.385. The molecule has 2 heterocycles. The average Bonchev–Trinajstić information content (AvgIpc) is 2.54. The summed E-state index contributed by atoms with van der Waals surface area (Å²) in [7, 11) is 1.95. The molecule has 0 saturated carbocycles. The largest absolute Gasteiger partial charge is 0.344 e. The lowest BCUT2D eigenvalue weighted by Crippen LogP contribution is -2.33. The first-order chi connectivity index (χ1) is 7.68. The molecule has 3 heteroatoms. The summed E-state index contributed by atoms with van der Waals surface area (Å²) in [4.78, 5) is 0. The number of rotatable bonds is 0. The van der Waals surface area contributed by atoms with Gasteiger partial charge in [0, 0.05) is 30.7 Å². The monoisotopic (exact) mass is 218 g/mol. The molecule has 1 atom stereocenters. The second-order valence-electron chi connectivity index (χ2n) is 4.61. The molecule has 1 N–H and O–H groups in total. The Morgan fingerprint density at radius 2 is 2.25 bits per heavy atom. The lowest BCUT2D eigenvalue weighted by atomic mass is 10.00. The number of hydrogen-bond acceptors (Lipinski definition) is 1. The molecule has 0 saturated heterocycles. The van der Waals surface area contributed by atoms with Crippen LogP contribution in [0.2, 0.25) is 0 Å². The maximum Gasteiger partial charge on any atom is 0.147 e. The Bertz CT molecular complexity index is 557. The molecular weight excluding hydrogens is 203 g/mol. The van der Waals surface area contributed by atoms with Crippen molar-refractivity contribution < 1.29 is 4.39 Å². The van der Waals surface area contributed by atoms with Crippen molar-refractivity contribution in [2.24, 2.45) is 7.05 Å². The molecule has 0 aliphatic carbocycles. The van der Waals surface area contributed by atoms with E-state index in [1.807, 2.05) is 17.7 Å². The van der Waals surface area contributed by atoms with Crippen LogP contribution in [0.25, 0.3) is 10.9 Å². The van der Waals surface area contributed by atoms with E-state index >= 15 is 0 Å². The van der Waals surface area contributed by atoms with Crippen LogP contribution in [-0.4, -0.2) is 10.6 Å². The Morgan fingerprint density at radius 3 is 3.06 bits per heavy atom. The van der Waals surface area contributed by atoms with Crippen molar-refractivity contribution in [1.29, 1.82) is 0 Å². The molecule has 2 aromatic rings. The van der Waals surface area contributed by atoms with Crippen LogP contribution in [0.1, 0.15) is 18.2 Å². The van der Waals surface area contributed by atoms with Gasteiger partial charge in [0.1, 0.15) is 5.82 Å². The third kappa shape index (κ3) is 1.21. The van der Waals surface area contributed by atoms with Crippen LogP contribution in [0.3, 0.4) is 0 Å². The summed E-state index contributed by atoms with van der Waals surface area (Å²) < 4.78 is 15.8. The summed E-state index contributed by atoms with van der Waals surface area (Å²) in [6, 6.07) is 5.83. The molecule has 1 aliphatic rings. The van der Waals surface area contributed by atoms with Crippen LogP contribution in [0.5, 0.6) is 0 Å². The Labute approximate surface area is 94.1 Å². The molecular formula is C13H15FN2. The van der Waals surface area contributed by atoms with Crippen molar-refractivity contribution in [3.05, 3.63) is 35.3 Å². The highest BCUT2D eigenvalue weighted by Crippen LogP contribution is 2.30. The number of aryl methyl sites for hydroxylation is 1. The maximum absolute atomic E-state index is 13.8. The van der Waals surface area contributed by atoms with E-state index in [2.05, 4.69) is 12.2 Å². The molecule has 84 valence electrons. The molecule has 1 aromatic heterocycles. The predicted molar refractivity (Wildman–Crippen MR) is 62.9 cm³/mol. The summed E-state index contributed by atoms with van der Waals surface area (Å²) in [6.45, 7) is 3.00. The van der Waals surface area contributed by atoms with Gasteiger partial charge < -0.3 is 9.88 Å². The van der Waals surface area contributed by atoms with E-state index in [0.717, 1.165) is 23.9 Å². The minimum absolute atomic E-state index is 0.123. The fourth-order valence-electron chi connectivity index (χ4n) is 2.69. The molecule has 0 spiro atoms. The second kappa shape index (κ2) is 3.32. The number of para-hydroxylation sites is 1. The van der Waals surface area contributed by atoms with Crippen molar-refractivity contribution in [2.45, 2.75) is 25.9 Å². The zero-order chi connectivity index (χ0) is 11.3. The smallest absolute Gasteiger partial charge is 0.147 e. The standard InChI is InChI=1S/C13H15FN2/c1-8-6-10-9-4-3-5-11(14)13(9)16(2)12(10)7-15-8/h3-5,8,15H,6-7H2,1-2H3. The first kappa shape index (κ1) is 9.85. The lowest BCUT2D eigenvalue weighted by Gasteiger charge is -2.21. The first-order valence-electron chi connectivity index (χ1n) is 5.66. The molecule has 0 radical (unpaired) electrons. The zero-order valence-electron chi connectivity index (χ0n) is 9.55. The van der Waals surface area contributed by atoms with Gasteiger partial charge >= 0.3 is 0 Å². The summed E-state index contributed by atoms with van der Waals surface area (Å²) in [6.07, 6.45) is 0.982. The van der Waals surface area contributed by atoms with Gasteiger partial charge in [0.25, 0.3) is 0 Å². The number of nitrogens with zero attached hydrogens (tertiary/aromatic N) is 1. The molecule has 3 rings (SSSR count). The third-order valence-corrected chi connectivity index (χ3v) is 3.53. The van der Waals surface area contributed by atoms with Crippen LogP contribution in [-0.2, 0) is 20.0 Å². The quantitative estimate of drug-likeness (QED) is 0.718. The highest BCUT2D eigenvalue weighted by atomic mass is 19.1. The van der Waals surface area contributed by atoms with Gasteiger partial charge in [-0.15, -0.1) is 0 Å². The van der Waals surface area contributed by atoms with Crippen LogP contribution < -0.4 is 5.32 Å². The molecule has 1 aromatic carbocycles. The normalized spacial score (nSPS) is 20.1. The van der Waals surface area contributed by atoms with E-state index in [4.69, 9.17) is 0 Å². The number of aromatic nitrogens is 1. The van der Waals surface area contributed by atoms with E-state index in [-0.39, 0.29) is 5.82 Å². The van der Waals surface area contributed by atoms with Crippen molar-refractivity contribution in [3.63, 3.8) is 0 Å². The molecule has 0 fully saturated rings. The number of halogens is 1. The number of fused-ring (bicyclic) bond motifs is 3. The minimum Gasteiger partial charge on any atom is -0.344 e. The Kier molecular flexibility index (Phi) is 2.04. The summed E-state index contributed by atoms with van der Waals surface area (Å²) in [5.41, 5.74) is 3.27. The maximum atomic E-state index is 13.8. The van der Waals surface area contributed by atoms with E-state index in [1.54, 1.807) is 6.07 Å². The van der Waals surface area contributed by atoms with Crippen LogP contribution >= 0.6 is 0 Å². The third-order valence-electron chi connectivity index (χ3n) is 3.53. The van der Waals surface area contributed by atoms with Gasteiger partial charge in [0.2, 0.25) is 0 Å². The van der Waals surface area contributed by atoms with Gasteiger partial charge in [-0.2, -0.15) is 0 Å². The molecule has 0 bridgehead atoms. The topological polar surface area (TPSA) is 17.0 Å². The number of benzene rings is 1. The van der Waals surface area contributed by atoms with Crippen LogP contribution in [0.15, 0.2) is 18.2 Å². The summed E-state index contributed by atoms with van der Waals surface area (Å²) >= 11 is 0. The van der Waals surface area contributed by atoms with Crippen molar-refractivity contribution in [3.8, 4) is 0 Å². The van der Waals surface area contributed by atoms with Crippen LogP contribution in [0.4, 0.5) is 4.39 Å². The predicted octanol–water partition coefficient (Wildman–Crippen LogP) is 2.35. The van der Waals surface area contributed by atoms with Crippen molar-refractivity contribution >= 4 is 10.9 Å². The van der Waals surface area contributed by atoms with E-state index in [1.165, 1.54) is 17.3 Å². The molecule has 0 amide bonds. The zero-order valence-corrected chi connectivity index (χ0v) is 9.55. The average molecular weight is 218 g/mol. The van der Waals surface area contributed by atoms with Crippen molar-refractivity contribution in [2.75, 3.05) is 0 Å². The van der Waals surface area contributed by atoms with Crippen LogP contribution in [0, 0.1) is 5.82 Å². The van der Waals surface area contributed by atoms with Gasteiger partial charge in [-0.3, -0.25) is 0 Å². The Balaban J connectivity index is 2.36. The Morgan fingerprint density at radius 1 is 1.44 bits per heavy atom. The summed E-state index contributed by atoms with van der Waals surface area (Å²) in [5, 5.41) is 4.49. The Hall–Kier alpha value is -1.35. The number of hydrogen-bond donors (Lipinski definition) is 1. The van der Waals surface area contributed by atoms with E-state index in [9.17, 15) is 4.39 Å². The highest BCUT2D eigenvalue weighted by molar-refractivity contribution is 5.86. The van der Waals surface area contributed by atoms with E-state index in [0.29, 0.717) is 6.04 Å². The number of nitrogens with one attached hydrogen (secondary N) is 1. The molecule has 1 unspecified atom stereocenters. The minimum atomic E-state index is -0.123.